The highest BCUT2D eigenvalue weighted by Gasteiger charge is 2.08. The zero-order chi connectivity index (χ0) is 10.7. The number of hydrogen-bond acceptors (Lipinski definition) is 6. The Bertz CT molecular complexity index is 453. The van der Waals surface area contributed by atoms with Crippen molar-refractivity contribution in [3.8, 4) is 11.5 Å². The molecule has 0 aliphatic heterocycles. The van der Waals surface area contributed by atoms with E-state index in [0.717, 1.165) is 6.54 Å². The molecule has 0 spiro atoms. The summed E-state index contributed by atoms with van der Waals surface area (Å²) in [6, 6.07) is 2.15. The lowest BCUT2D eigenvalue weighted by atomic mass is 10.4. The predicted molar refractivity (Wildman–Crippen MR) is 54.2 cm³/mol. The summed E-state index contributed by atoms with van der Waals surface area (Å²) in [5.74, 6) is 1.15. The minimum absolute atomic E-state index is 0.406. The van der Waals surface area contributed by atoms with Crippen LogP contribution < -0.4 is 5.32 Å². The van der Waals surface area contributed by atoms with Crippen molar-refractivity contribution >= 4 is 6.01 Å². The second-order valence-corrected chi connectivity index (χ2v) is 2.94. The number of aryl methyl sites for hydroxylation is 1. The van der Waals surface area contributed by atoms with Crippen LogP contribution in [-0.4, -0.2) is 26.7 Å². The molecule has 0 saturated heterocycles. The van der Waals surface area contributed by atoms with E-state index in [4.69, 9.17) is 4.52 Å². The molecule has 0 aliphatic rings. The molecule has 0 aromatic carbocycles. The van der Waals surface area contributed by atoms with E-state index in [1.807, 2.05) is 13.8 Å². The SMILES string of the molecule is CCNc1nc(-c2ccnc(C)n2)no1. The van der Waals surface area contributed by atoms with Gasteiger partial charge in [0, 0.05) is 12.7 Å². The van der Waals surface area contributed by atoms with Crippen LogP contribution in [0, 0.1) is 6.92 Å². The summed E-state index contributed by atoms with van der Waals surface area (Å²) < 4.78 is 4.97. The average Bonchev–Trinajstić information content (AvgIpc) is 2.67. The van der Waals surface area contributed by atoms with E-state index in [2.05, 4.69) is 25.4 Å². The molecule has 0 unspecified atom stereocenters. The first-order chi connectivity index (χ1) is 7.29. The Labute approximate surface area is 86.8 Å². The quantitative estimate of drug-likeness (QED) is 0.813. The van der Waals surface area contributed by atoms with Crippen LogP contribution in [0.25, 0.3) is 11.5 Å². The van der Waals surface area contributed by atoms with Gasteiger partial charge in [0.2, 0.25) is 5.82 Å². The Morgan fingerprint density at radius 2 is 2.27 bits per heavy atom. The summed E-state index contributed by atoms with van der Waals surface area (Å²) in [7, 11) is 0. The fourth-order valence-corrected chi connectivity index (χ4v) is 1.13. The number of hydrogen-bond donors (Lipinski definition) is 1. The number of anilines is 1. The highest BCUT2D eigenvalue weighted by Crippen LogP contribution is 2.14. The number of nitrogens with one attached hydrogen (secondary N) is 1. The number of rotatable bonds is 3. The Balaban J connectivity index is 2.29. The van der Waals surface area contributed by atoms with Crippen LogP contribution in [-0.2, 0) is 0 Å². The van der Waals surface area contributed by atoms with Crippen molar-refractivity contribution in [2.75, 3.05) is 11.9 Å². The average molecular weight is 205 g/mol. The molecule has 0 fully saturated rings. The van der Waals surface area contributed by atoms with E-state index >= 15 is 0 Å². The zero-order valence-electron chi connectivity index (χ0n) is 8.56. The normalized spacial score (nSPS) is 10.3. The highest BCUT2D eigenvalue weighted by atomic mass is 16.5. The van der Waals surface area contributed by atoms with Crippen molar-refractivity contribution in [2.45, 2.75) is 13.8 Å². The molecule has 0 bridgehead atoms. The Kier molecular flexibility index (Phi) is 2.57. The van der Waals surface area contributed by atoms with Gasteiger partial charge in [0.15, 0.2) is 0 Å². The maximum Gasteiger partial charge on any atom is 0.321 e. The van der Waals surface area contributed by atoms with Gasteiger partial charge in [-0.2, -0.15) is 4.98 Å². The molecule has 6 nitrogen and oxygen atoms in total. The van der Waals surface area contributed by atoms with Crippen LogP contribution in [0.5, 0.6) is 0 Å². The molecule has 6 heteroatoms. The topological polar surface area (TPSA) is 76.7 Å². The van der Waals surface area contributed by atoms with Gasteiger partial charge in [-0.1, -0.05) is 5.16 Å². The smallest absolute Gasteiger partial charge is 0.321 e. The molecule has 0 amide bonds. The molecule has 15 heavy (non-hydrogen) atoms. The molecule has 1 N–H and O–H groups in total. The summed E-state index contributed by atoms with van der Waals surface area (Å²) in [5.41, 5.74) is 0.662. The van der Waals surface area contributed by atoms with Crippen LogP contribution >= 0.6 is 0 Å². The number of nitrogens with zero attached hydrogens (tertiary/aromatic N) is 4. The maximum absolute atomic E-state index is 4.97. The second-order valence-electron chi connectivity index (χ2n) is 2.94. The molecule has 78 valence electrons. The minimum Gasteiger partial charge on any atom is -0.338 e. The molecule has 0 atom stereocenters. The summed E-state index contributed by atoms with van der Waals surface area (Å²) in [4.78, 5) is 12.3. The first-order valence-electron chi connectivity index (χ1n) is 4.67. The van der Waals surface area contributed by atoms with Gasteiger partial charge in [-0.25, -0.2) is 9.97 Å². The summed E-state index contributed by atoms with van der Waals surface area (Å²) >= 11 is 0. The Morgan fingerprint density at radius 3 is 3.00 bits per heavy atom. The molecule has 2 aromatic heterocycles. The summed E-state index contributed by atoms with van der Waals surface area (Å²) in [6.45, 7) is 4.51. The fraction of sp³-hybridized carbons (Fsp3) is 0.333. The molecule has 0 radical (unpaired) electrons. The first-order valence-corrected chi connectivity index (χ1v) is 4.67. The first kappa shape index (κ1) is 9.57. The van der Waals surface area contributed by atoms with Gasteiger partial charge in [-0.15, -0.1) is 0 Å². The third kappa shape index (κ3) is 2.09. The lowest BCUT2D eigenvalue weighted by molar-refractivity contribution is 0.432. The summed E-state index contributed by atoms with van der Waals surface area (Å²) in [6.07, 6.45) is 1.67. The molecule has 0 aliphatic carbocycles. The van der Waals surface area contributed by atoms with Gasteiger partial charge in [0.1, 0.15) is 11.5 Å². The third-order valence-electron chi connectivity index (χ3n) is 1.76. The third-order valence-corrected chi connectivity index (χ3v) is 1.76. The number of aromatic nitrogens is 4. The Morgan fingerprint density at radius 1 is 1.40 bits per heavy atom. The van der Waals surface area contributed by atoms with E-state index in [1.165, 1.54) is 0 Å². The van der Waals surface area contributed by atoms with Crippen molar-refractivity contribution in [2.24, 2.45) is 0 Å². The molecule has 2 heterocycles. The highest BCUT2D eigenvalue weighted by molar-refractivity contribution is 5.48. The van der Waals surface area contributed by atoms with Crippen LogP contribution in [0.3, 0.4) is 0 Å². The predicted octanol–water partition coefficient (Wildman–Crippen LogP) is 1.27. The van der Waals surface area contributed by atoms with Crippen molar-refractivity contribution in [1.29, 1.82) is 0 Å². The van der Waals surface area contributed by atoms with Crippen LogP contribution in [0.15, 0.2) is 16.8 Å². The van der Waals surface area contributed by atoms with E-state index in [9.17, 15) is 0 Å². The maximum atomic E-state index is 4.97. The standard InChI is InChI=1S/C9H11N5O/c1-3-10-9-13-8(14-15-9)7-4-5-11-6(2)12-7/h4-5H,3H2,1-2H3,(H,10,13,14). The monoisotopic (exact) mass is 205 g/mol. The Hall–Kier alpha value is -1.98. The van der Waals surface area contributed by atoms with E-state index in [0.29, 0.717) is 23.4 Å². The van der Waals surface area contributed by atoms with E-state index in [-0.39, 0.29) is 0 Å². The molecular formula is C9H11N5O. The second kappa shape index (κ2) is 4.04. The fourth-order valence-electron chi connectivity index (χ4n) is 1.13. The van der Waals surface area contributed by atoms with Gasteiger partial charge in [0.25, 0.3) is 0 Å². The van der Waals surface area contributed by atoms with Gasteiger partial charge in [0.05, 0.1) is 0 Å². The van der Waals surface area contributed by atoms with Crippen LogP contribution in [0.2, 0.25) is 0 Å². The summed E-state index contributed by atoms with van der Waals surface area (Å²) in [5, 5.41) is 6.74. The van der Waals surface area contributed by atoms with Gasteiger partial charge in [-0.3, -0.25) is 0 Å². The van der Waals surface area contributed by atoms with E-state index < -0.39 is 0 Å². The van der Waals surface area contributed by atoms with Crippen molar-refractivity contribution < 1.29 is 4.52 Å². The van der Waals surface area contributed by atoms with Crippen LogP contribution in [0.4, 0.5) is 6.01 Å². The van der Waals surface area contributed by atoms with Crippen molar-refractivity contribution in [1.82, 2.24) is 20.1 Å². The molecule has 2 rings (SSSR count). The van der Waals surface area contributed by atoms with Crippen LogP contribution in [0.1, 0.15) is 12.7 Å². The zero-order valence-corrected chi connectivity index (χ0v) is 8.56. The van der Waals surface area contributed by atoms with Crippen molar-refractivity contribution in [3.63, 3.8) is 0 Å². The molecule has 0 saturated carbocycles. The lowest BCUT2D eigenvalue weighted by Crippen LogP contribution is -1.96. The van der Waals surface area contributed by atoms with Gasteiger partial charge >= 0.3 is 6.01 Å². The van der Waals surface area contributed by atoms with Gasteiger partial charge in [-0.05, 0) is 19.9 Å². The molecular weight excluding hydrogens is 194 g/mol. The minimum atomic E-state index is 0.406. The largest absolute Gasteiger partial charge is 0.338 e. The molecule has 2 aromatic rings. The van der Waals surface area contributed by atoms with Crippen molar-refractivity contribution in [3.05, 3.63) is 18.1 Å². The van der Waals surface area contributed by atoms with E-state index in [1.54, 1.807) is 12.3 Å². The lowest BCUT2D eigenvalue weighted by Gasteiger charge is -1.93. The van der Waals surface area contributed by atoms with Gasteiger partial charge < -0.3 is 9.84 Å².